The number of nitrogens with zero attached hydrogens (tertiary/aromatic N) is 5. The van der Waals surface area contributed by atoms with Gasteiger partial charge in [-0.05, 0) is 19.1 Å². The van der Waals surface area contributed by atoms with Crippen molar-refractivity contribution in [3.05, 3.63) is 48.4 Å². The Labute approximate surface area is 124 Å². The number of thioether (sulfide) groups is 1. The minimum absolute atomic E-state index is 0.693. The zero-order chi connectivity index (χ0) is 14.2. The van der Waals surface area contributed by atoms with Crippen LogP contribution in [0.3, 0.4) is 0 Å². The van der Waals surface area contributed by atoms with Gasteiger partial charge < -0.3 is 9.38 Å². The fourth-order valence-electron chi connectivity index (χ4n) is 2.26. The maximum atomic E-state index is 4.63. The molecule has 0 fully saturated rings. The molecule has 0 unspecified atom stereocenters. The Bertz CT molecular complexity index is 925. The van der Waals surface area contributed by atoms with Crippen molar-refractivity contribution in [1.29, 1.82) is 0 Å². The van der Waals surface area contributed by atoms with Crippen LogP contribution in [0.2, 0.25) is 0 Å². The second-order valence-electron chi connectivity index (χ2n) is 4.70. The number of aromatic amines is 1. The van der Waals surface area contributed by atoms with Crippen LogP contribution >= 0.6 is 11.8 Å². The maximum absolute atomic E-state index is 4.63. The van der Waals surface area contributed by atoms with Crippen LogP contribution in [0.1, 0.15) is 11.4 Å². The number of pyridine rings is 1. The molecule has 6 nitrogen and oxygen atoms in total. The molecule has 0 aliphatic rings. The highest BCUT2D eigenvalue weighted by atomic mass is 32.2. The molecule has 0 spiro atoms. The Morgan fingerprint density at radius 2 is 2.19 bits per heavy atom. The summed E-state index contributed by atoms with van der Waals surface area (Å²) in [6.07, 6.45) is 5.25. The van der Waals surface area contributed by atoms with Crippen LogP contribution in [-0.2, 0) is 5.75 Å². The summed E-state index contributed by atoms with van der Waals surface area (Å²) in [4.78, 5) is 20.3. The molecule has 4 rings (SSSR count). The van der Waals surface area contributed by atoms with Crippen LogP contribution in [0.25, 0.3) is 16.8 Å². The third kappa shape index (κ3) is 2.15. The topological polar surface area (TPSA) is 71.8 Å². The van der Waals surface area contributed by atoms with Crippen molar-refractivity contribution in [2.45, 2.75) is 17.7 Å². The van der Waals surface area contributed by atoms with Gasteiger partial charge in [-0.25, -0.2) is 19.9 Å². The molecule has 104 valence electrons. The number of hydrogen-bond acceptors (Lipinski definition) is 5. The zero-order valence-electron chi connectivity index (χ0n) is 11.3. The highest BCUT2D eigenvalue weighted by molar-refractivity contribution is 7.98. The van der Waals surface area contributed by atoms with Gasteiger partial charge in [0.1, 0.15) is 22.5 Å². The number of aryl methyl sites for hydroxylation is 1. The summed E-state index contributed by atoms with van der Waals surface area (Å²) in [6.45, 7) is 2.07. The number of rotatable bonds is 3. The van der Waals surface area contributed by atoms with Gasteiger partial charge in [-0.15, -0.1) is 0 Å². The molecule has 21 heavy (non-hydrogen) atoms. The van der Waals surface area contributed by atoms with E-state index in [0.29, 0.717) is 5.65 Å². The van der Waals surface area contributed by atoms with Gasteiger partial charge in [-0.1, -0.05) is 17.8 Å². The predicted octanol–water partition coefficient (Wildman–Crippen LogP) is 2.60. The molecule has 7 heteroatoms. The minimum atomic E-state index is 0.693. The van der Waals surface area contributed by atoms with Crippen molar-refractivity contribution in [1.82, 2.24) is 29.3 Å². The molecule has 0 saturated heterocycles. The lowest BCUT2D eigenvalue weighted by Crippen LogP contribution is -1.87. The molecule has 4 aromatic heterocycles. The van der Waals surface area contributed by atoms with Gasteiger partial charge in [0.25, 0.3) is 0 Å². The van der Waals surface area contributed by atoms with Gasteiger partial charge in [-0.3, -0.25) is 0 Å². The standard InChI is InChI=1S/C14H12N6S/c1-9-3-2-4-11-19-10(5-20(9)11)6-21-14-12-13(16-7-15-12)17-8-18-14/h2-5,7-8H,6H2,1H3,(H,15,16,17,18). The van der Waals surface area contributed by atoms with Crippen LogP contribution in [0.4, 0.5) is 0 Å². The lowest BCUT2D eigenvalue weighted by Gasteiger charge is -1.98. The van der Waals surface area contributed by atoms with E-state index in [1.54, 1.807) is 24.4 Å². The first kappa shape index (κ1) is 12.3. The number of H-pyrrole nitrogens is 1. The fraction of sp³-hybridized carbons (Fsp3) is 0.143. The number of imidazole rings is 2. The Kier molecular flexibility index (Phi) is 2.85. The van der Waals surface area contributed by atoms with Crippen LogP contribution in [0, 0.1) is 6.92 Å². The van der Waals surface area contributed by atoms with Gasteiger partial charge in [0.05, 0.1) is 12.0 Å². The first-order valence-corrected chi connectivity index (χ1v) is 7.50. The monoisotopic (exact) mass is 296 g/mol. The lowest BCUT2D eigenvalue weighted by molar-refractivity contribution is 1.08. The van der Waals surface area contributed by atoms with Gasteiger partial charge in [0.15, 0.2) is 5.65 Å². The average Bonchev–Trinajstić information content (AvgIpc) is 3.12. The molecule has 0 aliphatic heterocycles. The normalized spacial score (nSPS) is 11.5. The van der Waals surface area contributed by atoms with Crippen molar-refractivity contribution >= 4 is 28.6 Å². The molecule has 1 N–H and O–H groups in total. The number of nitrogens with one attached hydrogen (secondary N) is 1. The summed E-state index contributed by atoms with van der Waals surface area (Å²) >= 11 is 1.63. The highest BCUT2D eigenvalue weighted by Crippen LogP contribution is 2.25. The summed E-state index contributed by atoms with van der Waals surface area (Å²) in [7, 11) is 0. The summed E-state index contributed by atoms with van der Waals surface area (Å²) in [5.74, 6) is 0.756. The first-order chi connectivity index (χ1) is 10.3. The smallest absolute Gasteiger partial charge is 0.181 e. The van der Waals surface area contributed by atoms with Gasteiger partial charge >= 0.3 is 0 Å². The number of aromatic nitrogens is 6. The SMILES string of the molecule is Cc1cccc2nc(CSc3ncnc4nc[nH]c34)cn12. The van der Waals surface area contributed by atoms with Crippen LogP contribution in [0.15, 0.2) is 42.1 Å². The van der Waals surface area contributed by atoms with Crippen molar-refractivity contribution in [3.8, 4) is 0 Å². The molecule has 0 bridgehead atoms. The van der Waals surface area contributed by atoms with E-state index in [1.165, 1.54) is 5.69 Å². The largest absolute Gasteiger partial charge is 0.341 e. The average molecular weight is 296 g/mol. The molecule has 4 aromatic rings. The lowest BCUT2D eigenvalue weighted by atomic mass is 10.4. The molecule has 4 heterocycles. The van der Waals surface area contributed by atoms with Gasteiger partial charge in [-0.2, -0.15) is 0 Å². The number of hydrogen-bond donors (Lipinski definition) is 1. The van der Waals surface area contributed by atoms with E-state index in [2.05, 4.69) is 48.5 Å². The number of fused-ring (bicyclic) bond motifs is 2. The molecule has 0 saturated carbocycles. The molecule has 0 aliphatic carbocycles. The van der Waals surface area contributed by atoms with Crippen molar-refractivity contribution in [2.24, 2.45) is 0 Å². The molecule has 0 atom stereocenters. The molecular formula is C14H12N6S. The van der Waals surface area contributed by atoms with Crippen LogP contribution < -0.4 is 0 Å². The van der Waals surface area contributed by atoms with Gasteiger partial charge in [0.2, 0.25) is 0 Å². The molecular weight excluding hydrogens is 284 g/mol. The van der Waals surface area contributed by atoms with E-state index in [-0.39, 0.29) is 0 Å². The summed E-state index contributed by atoms with van der Waals surface area (Å²) < 4.78 is 2.10. The Balaban J connectivity index is 1.63. The molecule has 0 aromatic carbocycles. The Morgan fingerprint density at radius 1 is 1.24 bits per heavy atom. The third-order valence-electron chi connectivity index (χ3n) is 3.29. The summed E-state index contributed by atoms with van der Waals surface area (Å²) in [5.41, 5.74) is 4.75. The predicted molar refractivity (Wildman–Crippen MR) is 81.2 cm³/mol. The quantitative estimate of drug-likeness (QED) is 0.465. The second kappa shape index (κ2) is 4.85. The van der Waals surface area contributed by atoms with Gasteiger partial charge in [0, 0.05) is 17.6 Å². The van der Waals surface area contributed by atoms with E-state index in [0.717, 1.165) is 27.6 Å². The van der Waals surface area contributed by atoms with E-state index < -0.39 is 0 Å². The van der Waals surface area contributed by atoms with Crippen LogP contribution in [0.5, 0.6) is 0 Å². The van der Waals surface area contributed by atoms with E-state index in [4.69, 9.17) is 0 Å². The zero-order valence-corrected chi connectivity index (χ0v) is 12.1. The van der Waals surface area contributed by atoms with Crippen molar-refractivity contribution in [2.75, 3.05) is 0 Å². The maximum Gasteiger partial charge on any atom is 0.181 e. The summed E-state index contributed by atoms with van der Waals surface area (Å²) in [6, 6.07) is 6.11. The van der Waals surface area contributed by atoms with E-state index in [1.807, 2.05) is 12.1 Å². The summed E-state index contributed by atoms with van der Waals surface area (Å²) in [5, 5.41) is 0.895. The van der Waals surface area contributed by atoms with Crippen molar-refractivity contribution in [3.63, 3.8) is 0 Å². The highest BCUT2D eigenvalue weighted by Gasteiger charge is 2.08. The third-order valence-corrected chi connectivity index (χ3v) is 4.31. The minimum Gasteiger partial charge on any atom is -0.341 e. The molecule has 0 amide bonds. The van der Waals surface area contributed by atoms with Crippen molar-refractivity contribution < 1.29 is 0 Å². The van der Waals surface area contributed by atoms with Crippen LogP contribution in [-0.4, -0.2) is 29.3 Å². The first-order valence-electron chi connectivity index (χ1n) is 6.52. The van der Waals surface area contributed by atoms with E-state index >= 15 is 0 Å². The second-order valence-corrected chi connectivity index (χ2v) is 5.66. The fourth-order valence-corrected chi connectivity index (χ4v) is 3.10. The Morgan fingerprint density at radius 3 is 3.10 bits per heavy atom. The Hall–Kier alpha value is -2.41. The molecule has 0 radical (unpaired) electrons. The van der Waals surface area contributed by atoms with E-state index in [9.17, 15) is 0 Å².